The number of aromatic nitrogens is 1. The zero-order valence-corrected chi connectivity index (χ0v) is 8.82. The molecule has 4 nitrogen and oxygen atoms in total. The van der Waals surface area contributed by atoms with Crippen molar-refractivity contribution in [1.29, 1.82) is 0 Å². The highest BCUT2D eigenvalue weighted by Gasteiger charge is 2.12. The van der Waals surface area contributed by atoms with Gasteiger partial charge < -0.3 is 14.9 Å². The van der Waals surface area contributed by atoms with E-state index in [4.69, 9.17) is 4.52 Å². The number of benzene rings is 1. The SMILES string of the molecule is CNC(C)Cc1onc2c(O)cccc12. The van der Waals surface area contributed by atoms with Crippen LogP contribution in [-0.2, 0) is 6.42 Å². The van der Waals surface area contributed by atoms with E-state index in [1.54, 1.807) is 12.1 Å². The average molecular weight is 206 g/mol. The molecule has 0 spiro atoms. The van der Waals surface area contributed by atoms with Crippen LogP contribution in [0.2, 0.25) is 0 Å². The van der Waals surface area contributed by atoms with Gasteiger partial charge in [0.2, 0.25) is 0 Å². The third-order valence-corrected chi connectivity index (χ3v) is 2.55. The highest BCUT2D eigenvalue weighted by Crippen LogP contribution is 2.26. The highest BCUT2D eigenvalue weighted by molar-refractivity contribution is 5.85. The topological polar surface area (TPSA) is 58.3 Å². The van der Waals surface area contributed by atoms with Gasteiger partial charge in [0.25, 0.3) is 0 Å². The summed E-state index contributed by atoms with van der Waals surface area (Å²) in [6, 6.07) is 5.63. The molecule has 0 amide bonds. The Hall–Kier alpha value is -1.55. The Morgan fingerprint density at radius 1 is 1.53 bits per heavy atom. The predicted octanol–water partition coefficient (Wildman–Crippen LogP) is 1.68. The number of aromatic hydroxyl groups is 1. The van der Waals surface area contributed by atoms with Crippen LogP contribution in [0.1, 0.15) is 12.7 Å². The maximum atomic E-state index is 9.54. The number of phenols is 1. The number of likely N-dealkylation sites (N-methyl/N-ethyl adjacent to an activating group) is 1. The summed E-state index contributed by atoms with van der Waals surface area (Å²) < 4.78 is 5.22. The molecule has 2 N–H and O–H groups in total. The first-order chi connectivity index (χ1) is 7.22. The molecule has 80 valence electrons. The van der Waals surface area contributed by atoms with E-state index in [1.807, 2.05) is 13.1 Å². The molecular formula is C11H14N2O2. The maximum absolute atomic E-state index is 9.54. The Kier molecular flexibility index (Phi) is 2.60. The Labute approximate surface area is 87.9 Å². The molecule has 0 saturated heterocycles. The van der Waals surface area contributed by atoms with Gasteiger partial charge in [-0.25, -0.2) is 0 Å². The number of nitrogens with one attached hydrogen (secondary N) is 1. The third-order valence-electron chi connectivity index (χ3n) is 2.55. The van der Waals surface area contributed by atoms with E-state index < -0.39 is 0 Å². The summed E-state index contributed by atoms with van der Waals surface area (Å²) in [5, 5.41) is 17.4. The molecule has 1 unspecified atom stereocenters. The molecule has 0 aliphatic rings. The fourth-order valence-electron chi connectivity index (χ4n) is 1.53. The van der Waals surface area contributed by atoms with Crippen LogP contribution in [0.15, 0.2) is 22.7 Å². The number of hydrogen-bond donors (Lipinski definition) is 2. The van der Waals surface area contributed by atoms with Gasteiger partial charge in [-0.3, -0.25) is 0 Å². The molecule has 4 heteroatoms. The third kappa shape index (κ3) is 1.80. The fourth-order valence-corrected chi connectivity index (χ4v) is 1.53. The Morgan fingerprint density at radius 2 is 2.33 bits per heavy atom. The van der Waals surface area contributed by atoms with Crippen molar-refractivity contribution in [1.82, 2.24) is 10.5 Å². The molecule has 1 atom stereocenters. The van der Waals surface area contributed by atoms with Crippen molar-refractivity contribution in [3.63, 3.8) is 0 Å². The van der Waals surface area contributed by atoms with Gasteiger partial charge in [0.15, 0.2) is 5.52 Å². The minimum absolute atomic E-state index is 0.166. The standard InChI is InChI=1S/C11H14N2O2/c1-7(12-2)6-10-8-4-3-5-9(14)11(8)13-15-10/h3-5,7,12,14H,6H2,1-2H3. The number of fused-ring (bicyclic) bond motifs is 1. The van der Waals surface area contributed by atoms with E-state index >= 15 is 0 Å². The summed E-state index contributed by atoms with van der Waals surface area (Å²) in [7, 11) is 1.90. The van der Waals surface area contributed by atoms with Gasteiger partial charge in [-0.1, -0.05) is 11.2 Å². The first-order valence-electron chi connectivity index (χ1n) is 4.96. The molecule has 1 aromatic carbocycles. The van der Waals surface area contributed by atoms with Gasteiger partial charge in [-0.05, 0) is 26.1 Å². The molecule has 15 heavy (non-hydrogen) atoms. The number of rotatable bonds is 3. The summed E-state index contributed by atoms with van der Waals surface area (Å²) in [6.07, 6.45) is 0.760. The molecule has 0 aliphatic heterocycles. The highest BCUT2D eigenvalue weighted by atomic mass is 16.5. The molecule has 0 radical (unpaired) electrons. The molecule has 0 bridgehead atoms. The molecule has 1 aromatic heterocycles. The first kappa shape index (κ1) is 9.98. The van der Waals surface area contributed by atoms with Crippen LogP contribution in [0, 0.1) is 0 Å². The van der Waals surface area contributed by atoms with Crippen molar-refractivity contribution in [2.24, 2.45) is 0 Å². The monoisotopic (exact) mass is 206 g/mol. The van der Waals surface area contributed by atoms with Gasteiger partial charge in [0.05, 0.1) is 0 Å². The second-order valence-corrected chi connectivity index (χ2v) is 3.67. The van der Waals surface area contributed by atoms with Crippen molar-refractivity contribution in [3.8, 4) is 5.75 Å². The van der Waals surface area contributed by atoms with E-state index in [1.165, 1.54) is 0 Å². The van der Waals surface area contributed by atoms with Crippen LogP contribution >= 0.6 is 0 Å². The van der Waals surface area contributed by atoms with Crippen LogP contribution < -0.4 is 5.32 Å². The lowest BCUT2D eigenvalue weighted by molar-refractivity contribution is 0.375. The van der Waals surface area contributed by atoms with Crippen LogP contribution in [0.5, 0.6) is 5.75 Å². The first-order valence-corrected chi connectivity index (χ1v) is 4.96. The Balaban J connectivity index is 2.41. The Morgan fingerprint density at radius 3 is 3.07 bits per heavy atom. The normalized spacial score (nSPS) is 13.2. The minimum Gasteiger partial charge on any atom is -0.506 e. The summed E-state index contributed by atoms with van der Waals surface area (Å²) in [5.41, 5.74) is 0.538. The second-order valence-electron chi connectivity index (χ2n) is 3.67. The smallest absolute Gasteiger partial charge is 0.155 e. The van der Waals surface area contributed by atoms with Crippen LogP contribution in [0.3, 0.4) is 0 Å². The largest absolute Gasteiger partial charge is 0.506 e. The summed E-state index contributed by atoms with van der Waals surface area (Å²) in [5.74, 6) is 0.974. The van der Waals surface area contributed by atoms with Crippen molar-refractivity contribution >= 4 is 10.9 Å². The van der Waals surface area contributed by atoms with Crippen LogP contribution in [-0.4, -0.2) is 23.4 Å². The fraction of sp³-hybridized carbons (Fsp3) is 0.364. The van der Waals surface area contributed by atoms with Crippen molar-refractivity contribution in [2.75, 3.05) is 7.05 Å². The summed E-state index contributed by atoms with van der Waals surface area (Å²) in [4.78, 5) is 0. The molecule has 0 aliphatic carbocycles. The second kappa shape index (κ2) is 3.90. The van der Waals surface area contributed by atoms with E-state index in [0.717, 1.165) is 17.6 Å². The van der Waals surface area contributed by atoms with Gasteiger partial charge >= 0.3 is 0 Å². The van der Waals surface area contributed by atoms with E-state index in [2.05, 4.69) is 17.4 Å². The minimum atomic E-state index is 0.166. The van der Waals surface area contributed by atoms with Crippen molar-refractivity contribution in [2.45, 2.75) is 19.4 Å². The molecular weight excluding hydrogens is 192 g/mol. The van der Waals surface area contributed by atoms with Gasteiger partial charge in [-0.2, -0.15) is 0 Å². The number of phenolic OH excluding ortho intramolecular Hbond substituents is 1. The molecule has 2 rings (SSSR count). The quantitative estimate of drug-likeness (QED) is 0.802. The van der Waals surface area contributed by atoms with Gasteiger partial charge in [-0.15, -0.1) is 0 Å². The predicted molar refractivity (Wildman–Crippen MR) is 57.9 cm³/mol. The zero-order valence-electron chi connectivity index (χ0n) is 8.82. The molecule has 0 saturated carbocycles. The summed E-state index contributed by atoms with van der Waals surface area (Å²) in [6.45, 7) is 2.07. The van der Waals surface area contributed by atoms with E-state index in [-0.39, 0.29) is 5.75 Å². The summed E-state index contributed by atoms with van der Waals surface area (Å²) >= 11 is 0. The maximum Gasteiger partial charge on any atom is 0.155 e. The lowest BCUT2D eigenvalue weighted by Gasteiger charge is -2.06. The molecule has 0 fully saturated rings. The van der Waals surface area contributed by atoms with E-state index in [9.17, 15) is 5.11 Å². The Bertz CT molecular complexity index is 465. The lowest BCUT2D eigenvalue weighted by Crippen LogP contribution is -2.23. The van der Waals surface area contributed by atoms with Crippen molar-refractivity contribution in [3.05, 3.63) is 24.0 Å². The number of nitrogens with zero attached hydrogens (tertiary/aromatic N) is 1. The van der Waals surface area contributed by atoms with E-state index in [0.29, 0.717) is 11.6 Å². The van der Waals surface area contributed by atoms with Gasteiger partial charge in [0.1, 0.15) is 11.5 Å². The molecule has 2 aromatic rings. The lowest BCUT2D eigenvalue weighted by atomic mass is 10.1. The van der Waals surface area contributed by atoms with Crippen LogP contribution in [0.25, 0.3) is 10.9 Å². The number of hydrogen-bond acceptors (Lipinski definition) is 4. The van der Waals surface area contributed by atoms with Crippen LogP contribution in [0.4, 0.5) is 0 Å². The zero-order chi connectivity index (χ0) is 10.8. The average Bonchev–Trinajstić information content (AvgIpc) is 2.63. The molecule has 1 heterocycles. The van der Waals surface area contributed by atoms with Gasteiger partial charge in [0, 0.05) is 17.8 Å². The van der Waals surface area contributed by atoms with Crippen molar-refractivity contribution < 1.29 is 9.63 Å².